The van der Waals surface area contributed by atoms with Gasteiger partial charge in [0.25, 0.3) is 0 Å². The van der Waals surface area contributed by atoms with Crippen molar-refractivity contribution in [2.75, 3.05) is 19.4 Å². The van der Waals surface area contributed by atoms with Crippen molar-refractivity contribution in [3.8, 4) is 5.75 Å². The number of hydrogen-bond donors (Lipinski definition) is 6. The molecule has 1 aliphatic heterocycles. The van der Waals surface area contributed by atoms with Gasteiger partial charge in [-0.05, 0) is 67.8 Å². The lowest BCUT2D eigenvalue weighted by Gasteiger charge is -2.40. The van der Waals surface area contributed by atoms with Gasteiger partial charge in [-0.25, -0.2) is 9.59 Å². The van der Waals surface area contributed by atoms with Crippen molar-refractivity contribution in [3.05, 3.63) is 64.7 Å². The van der Waals surface area contributed by atoms with Gasteiger partial charge in [0.1, 0.15) is 47.7 Å². The predicted octanol–water partition coefficient (Wildman–Crippen LogP) is 1.97. The van der Waals surface area contributed by atoms with Crippen molar-refractivity contribution in [1.82, 2.24) is 10.6 Å². The van der Waals surface area contributed by atoms with Crippen LogP contribution in [0.2, 0.25) is 0 Å². The number of aliphatic hydroxyl groups excluding tert-OH is 3. The van der Waals surface area contributed by atoms with E-state index >= 15 is 0 Å². The molecular weight excluding hydrogens is 512 g/mol. The number of aryl methyl sites for hydroxylation is 1. The number of rotatable bonds is 10. The first kappa shape index (κ1) is 29.7. The second kappa shape index (κ2) is 12.8. The first-order valence-corrected chi connectivity index (χ1v) is 13.5. The maximum atomic E-state index is 11.8. The monoisotopic (exact) mass is 548 g/mol. The Morgan fingerprint density at radius 1 is 1.05 bits per heavy atom. The standard InChI is InChI=1S/C27H36N2O8S/c1-15-5-8-17(23-21(31)20(30)22(32)24(37-23)38-4)14-18(15)13-16-6-9-19(10-7-16)36-12-11-28-26(35)29-27(2,3)25(33)34/h5-10,14,20-24,30-32H,11-13H2,1-4H3,(H,33,34)(H2,28,29,35)/t20-,21-,22+,23+,24-/m1/s1. The van der Waals surface area contributed by atoms with Crippen LogP contribution >= 0.6 is 11.8 Å². The molecule has 1 aliphatic rings. The average Bonchev–Trinajstić information content (AvgIpc) is 2.87. The summed E-state index contributed by atoms with van der Waals surface area (Å²) in [4.78, 5) is 22.9. The minimum absolute atomic E-state index is 0.202. The molecule has 1 saturated heterocycles. The van der Waals surface area contributed by atoms with Gasteiger partial charge in [-0.1, -0.05) is 30.3 Å². The number of aliphatic carboxylic acids is 1. The zero-order valence-corrected chi connectivity index (χ0v) is 22.7. The highest BCUT2D eigenvalue weighted by atomic mass is 32.2. The van der Waals surface area contributed by atoms with Crippen molar-refractivity contribution >= 4 is 23.8 Å². The van der Waals surface area contributed by atoms with E-state index in [4.69, 9.17) is 14.6 Å². The minimum atomic E-state index is -1.37. The number of ether oxygens (including phenoxy) is 2. The Kier molecular flexibility index (Phi) is 10.0. The number of carboxylic acid groups (broad SMARTS) is 1. The molecule has 2 aromatic carbocycles. The highest BCUT2D eigenvalue weighted by Crippen LogP contribution is 2.36. The summed E-state index contributed by atoms with van der Waals surface area (Å²) in [6.07, 6.45) is -2.07. The Morgan fingerprint density at radius 2 is 1.74 bits per heavy atom. The fourth-order valence-electron chi connectivity index (χ4n) is 4.02. The topological polar surface area (TPSA) is 158 Å². The number of urea groups is 1. The second-order valence-electron chi connectivity index (χ2n) is 9.80. The third kappa shape index (κ3) is 7.39. The zero-order valence-electron chi connectivity index (χ0n) is 21.9. The third-order valence-electron chi connectivity index (χ3n) is 6.44. The van der Waals surface area contributed by atoms with Gasteiger partial charge in [0.05, 0.1) is 6.54 Å². The number of benzene rings is 2. The lowest BCUT2D eigenvalue weighted by atomic mass is 9.91. The van der Waals surface area contributed by atoms with Gasteiger partial charge < -0.3 is 40.5 Å². The number of carboxylic acids is 1. The van der Waals surface area contributed by atoms with Gasteiger partial charge in [0, 0.05) is 0 Å². The highest BCUT2D eigenvalue weighted by molar-refractivity contribution is 7.99. The van der Waals surface area contributed by atoms with E-state index in [0.29, 0.717) is 12.2 Å². The molecular formula is C27H36N2O8S. The van der Waals surface area contributed by atoms with E-state index in [9.17, 15) is 24.9 Å². The van der Waals surface area contributed by atoms with Gasteiger partial charge in [-0.2, -0.15) is 0 Å². The number of hydrogen-bond acceptors (Lipinski definition) is 8. The number of amides is 2. The van der Waals surface area contributed by atoms with Crippen LogP contribution in [0.15, 0.2) is 42.5 Å². The van der Waals surface area contributed by atoms with E-state index in [0.717, 1.165) is 22.3 Å². The highest BCUT2D eigenvalue weighted by Gasteiger charge is 2.44. The SMILES string of the molecule is CS[C@H]1O[C@@H](c2ccc(C)c(Cc3ccc(OCCNC(=O)NC(C)(C)C(=O)O)cc3)c2)[C@H](O)[C@@H](O)[C@@H]1O. The van der Waals surface area contributed by atoms with Crippen molar-refractivity contribution in [2.24, 2.45) is 0 Å². The van der Waals surface area contributed by atoms with E-state index in [1.54, 1.807) is 6.26 Å². The van der Waals surface area contributed by atoms with Crippen LogP contribution in [0.3, 0.4) is 0 Å². The number of aliphatic hydroxyl groups is 3. The van der Waals surface area contributed by atoms with Crippen LogP contribution in [0, 0.1) is 6.92 Å². The summed E-state index contributed by atoms with van der Waals surface area (Å²) in [5.74, 6) is -0.504. The molecule has 208 valence electrons. The molecule has 0 unspecified atom stereocenters. The molecule has 0 radical (unpaired) electrons. The van der Waals surface area contributed by atoms with E-state index in [-0.39, 0.29) is 13.2 Å². The molecule has 1 heterocycles. The molecule has 0 bridgehead atoms. The lowest BCUT2D eigenvalue weighted by Crippen LogP contribution is -2.53. The van der Waals surface area contributed by atoms with Crippen LogP contribution in [0.4, 0.5) is 4.79 Å². The Hall–Kier alpha value is -2.83. The number of thioether (sulfide) groups is 1. The van der Waals surface area contributed by atoms with E-state index in [2.05, 4.69) is 10.6 Å². The average molecular weight is 549 g/mol. The summed E-state index contributed by atoms with van der Waals surface area (Å²) in [6, 6.07) is 12.7. The fourth-order valence-corrected chi connectivity index (χ4v) is 4.69. The molecule has 10 nitrogen and oxygen atoms in total. The summed E-state index contributed by atoms with van der Waals surface area (Å²) in [5.41, 5.74) is 1.85. The van der Waals surface area contributed by atoms with Gasteiger partial charge in [-0.15, -0.1) is 11.8 Å². The molecule has 2 amide bonds. The van der Waals surface area contributed by atoms with Gasteiger partial charge in [0.15, 0.2) is 0 Å². The largest absolute Gasteiger partial charge is 0.492 e. The van der Waals surface area contributed by atoms with Crippen molar-refractivity contribution in [3.63, 3.8) is 0 Å². The Labute approximate surface area is 226 Å². The van der Waals surface area contributed by atoms with Crippen molar-refractivity contribution < 1.29 is 39.5 Å². The molecule has 6 N–H and O–H groups in total. The molecule has 5 atom stereocenters. The van der Waals surface area contributed by atoms with Crippen LogP contribution in [-0.4, -0.2) is 81.1 Å². The fraction of sp³-hybridized carbons (Fsp3) is 0.481. The maximum absolute atomic E-state index is 11.8. The van der Waals surface area contributed by atoms with E-state index in [1.807, 2.05) is 49.4 Å². The molecule has 3 rings (SSSR count). The molecule has 0 aromatic heterocycles. The maximum Gasteiger partial charge on any atom is 0.328 e. The molecule has 2 aromatic rings. The van der Waals surface area contributed by atoms with Gasteiger partial charge in [0.2, 0.25) is 0 Å². The number of carbonyl (C=O) groups excluding carboxylic acids is 1. The molecule has 0 saturated carbocycles. The zero-order chi connectivity index (χ0) is 28.0. The Morgan fingerprint density at radius 3 is 2.37 bits per heavy atom. The van der Waals surface area contributed by atoms with Crippen LogP contribution in [0.25, 0.3) is 0 Å². The Bertz CT molecular complexity index is 1110. The quantitative estimate of drug-likeness (QED) is 0.244. The normalized spacial score (nSPS) is 23.5. The van der Waals surface area contributed by atoms with Crippen molar-refractivity contribution in [1.29, 1.82) is 0 Å². The lowest BCUT2D eigenvalue weighted by molar-refractivity contribution is -0.200. The van der Waals surface area contributed by atoms with Crippen LogP contribution in [0.5, 0.6) is 5.75 Å². The van der Waals surface area contributed by atoms with Gasteiger partial charge in [-0.3, -0.25) is 0 Å². The molecule has 1 fully saturated rings. The van der Waals surface area contributed by atoms with Gasteiger partial charge >= 0.3 is 12.0 Å². The minimum Gasteiger partial charge on any atom is -0.492 e. The number of nitrogens with one attached hydrogen (secondary N) is 2. The first-order chi connectivity index (χ1) is 17.9. The molecule has 0 spiro atoms. The Balaban J connectivity index is 1.56. The van der Waals surface area contributed by atoms with E-state index in [1.165, 1.54) is 25.6 Å². The van der Waals surface area contributed by atoms with Crippen LogP contribution in [-0.2, 0) is 16.0 Å². The van der Waals surface area contributed by atoms with Crippen molar-refractivity contribution in [2.45, 2.75) is 62.6 Å². The molecule has 11 heteroatoms. The summed E-state index contributed by atoms with van der Waals surface area (Å²) >= 11 is 1.28. The summed E-state index contributed by atoms with van der Waals surface area (Å²) < 4.78 is 11.6. The first-order valence-electron chi connectivity index (χ1n) is 12.3. The smallest absolute Gasteiger partial charge is 0.328 e. The van der Waals surface area contributed by atoms with Crippen LogP contribution < -0.4 is 15.4 Å². The van der Waals surface area contributed by atoms with Crippen LogP contribution in [0.1, 0.15) is 42.2 Å². The summed E-state index contributed by atoms with van der Waals surface area (Å²) in [6.45, 7) is 5.21. The molecule has 38 heavy (non-hydrogen) atoms. The summed E-state index contributed by atoms with van der Waals surface area (Å²) in [7, 11) is 0. The predicted molar refractivity (Wildman–Crippen MR) is 143 cm³/mol. The third-order valence-corrected chi connectivity index (χ3v) is 7.29. The second-order valence-corrected chi connectivity index (χ2v) is 10.7. The molecule has 0 aliphatic carbocycles. The summed E-state index contributed by atoms with van der Waals surface area (Å²) in [5, 5.41) is 45.0. The number of carbonyl (C=O) groups is 2. The van der Waals surface area contributed by atoms with E-state index < -0.39 is 47.4 Å².